The molecule has 1 aliphatic carbocycles. The number of methoxy groups -OCH3 is 4. The van der Waals surface area contributed by atoms with E-state index in [-0.39, 0.29) is 11.1 Å². The Morgan fingerprint density at radius 1 is 0.588 bits per heavy atom. The number of hydrogen-bond donors (Lipinski definition) is 0. The predicted octanol–water partition coefficient (Wildman–Crippen LogP) is 5.49. The third-order valence-corrected chi connectivity index (χ3v) is 6.26. The maximum absolute atomic E-state index is 12.7. The largest absolute Gasteiger partial charge is 0.496 e. The molecule has 0 atom stereocenters. The average Bonchev–Trinajstić information content (AvgIpc) is 2.88. The number of rotatable bonds is 4. The predicted molar refractivity (Wildman–Crippen MR) is 130 cm³/mol. The summed E-state index contributed by atoms with van der Waals surface area (Å²) in [7, 11) is 5.81. The highest BCUT2D eigenvalue weighted by atomic mass is 16.5. The molecule has 0 N–H and O–H groups in total. The van der Waals surface area contributed by atoms with Crippen molar-refractivity contribution in [2.45, 2.75) is 25.7 Å². The van der Waals surface area contributed by atoms with Gasteiger partial charge in [-0.2, -0.15) is 0 Å². The molecule has 176 valence electrons. The van der Waals surface area contributed by atoms with Gasteiger partial charge in [0.1, 0.15) is 11.5 Å². The summed E-state index contributed by atoms with van der Waals surface area (Å²) in [6.45, 7) is 0. The smallest absolute Gasteiger partial charge is 0.338 e. The molecule has 0 radical (unpaired) electrons. The molecule has 0 unspecified atom stereocenters. The van der Waals surface area contributed by atoms with Crippen molar-refractivity contribution >= 4 is 11.9 Å². The maximum atomic E-state index is 12.7. The van der Waals surface area contributed by atoms with E-state index in [0.717, 1.165) is 47.9 Å². The van der Waals surface area contributed by atoms with Crippen LogP contribution in [0.2, 0.25) is 0 Å². The van der Waals surface area contributed by atoms with Crippen LogP contribution in [-0.4, -0.2) is 40.4 Å². The van der Waals surface area contributed by atoms with E-state index in [2.05, 4.69) is 24.3 Å². The van der Waals surface area contributed by atoms with E-state index in [9.17, 15) is 9.59 Å². The van der Waals surface area contributed by atoms with Crippen LogP contribution in [0.3, 0.4) is 0 Å². The molecule has 0 aromatic heterocycles. The van der Waals surface area contributed by atoms with Crippen LogP contribution in [0.5, 0.6) is 11.5 Å². The summed E-state index contributed by atoms with van der Waals surface area (Å²) in [4.78, 5) is 25.4. The van der Waals surface area contributed by atoms with Crippen LogP contribution in [0.1, 0.15) is 44.7 Å². The van der Waals surface area contributed by atoms with E-state index >= 15 is 0 Å². The summed E-state index contributed by atoms with van der Waals surface area (Å²) in [5, 5.41) is 0. The van der Waals surface area contributed by atoms with Crippen molar-refractivity contribution in [1.29, 1.82) is 0 Å². The second kappa shape index (κ2) is 10.00. The monoisotopic (exact) mass is 460 g/mol. The standard InChI is InChI=1S/C28H28O6/c1-31-25-11-9-17-7-5-6-8-18-10-12-26(32-2)22(14-18)20-16-24(28(30)34-4)23(27(29)33-3)15-19(20)21(25)13-17/h9-16H,5-8H2,1-4H3. The van der Waals surface area contributed by atoms with Gasteiger partial charge in [0, 0.05) is 11.1 Å². The quantitative estimate of drug-likeness (QED) is 0.480. The average molecular weight is 461 g/mol. The first-order valence-corrected chi connectivity index (χ1v) is 11.2. The molecular formula is C28H28O6. The number of esters is 2. The fourth-order valence-corrected chi connectivity index (χ4v) is 4.50. The van der Waals surface area contributed by atoms with Crippen molar-refractivity contribution in [2.75, 3.05) is 28.4 Å². The maximum Gasteiger partial charge on any atom is 0.338 e. The summed E-state index contributed by atoms with van der Waals surface area (Å²) in [6, 6.07) is 15.6. The van der Waals surface area contributed by atoms with Gasteiger partial charge < -0.3 is 18.9 Å². The van der Waals surface area contributed by atoms with Crippen molar-refractivity contribution in [3.05, 3.63) is 70.8 Å². The zero-order valence-corrected chi connectivity index (χ0v) is 19.9. The third-order valence-electron chi connectivity index (χ3n) is 6.26. The minimum Gasteiger partial charge on any atom is -0.496 e. The summed E-state index contributed by atoms with van der Waals surface area (Å²) < 4.78 is 21.4. The third kappa shape index (κ3) is 4.36. The number of benzene rings is 3. The van der Waals surface area contributed by atoms with E-state index in [4.69, 9.17) is 18.9 Å². The van der Waals surface area contributed by atoms with Gasteiger partial charge in [-0.1, -0.05) is 12.1 Å². The first kappa shape index (κ1) is 23.4. The summed E-state index contributed by atoms with van der Waals surface area (Å²) >= 11 is 0. The van der Waals surface area contributed by atoms with Crippen molar-refractivity contribution in [2.24, 2.45) is 0 Å². The Kier molecular flexibility index (Phi) is 6.87. The Morgan fingerprint density at radius 2 is 1.00 bits per heavy atom. The van der Waals surface area contributed by atoms with Crippen LogP contribution in [0.15, 0.2) is 48.5 Å². The van der Waals surface area contributed by atoms with Gasteiger partial charge in [-0.05, 0) is 84.3 Å². The van der Waals surface area contributed by atoms with Crippen LogP contribution < -0.4 is 9.47 Å². The van der Waals surface area contributed by atoms with Gasteiger partial charge >= 0.3 is 11.9 Å². The fourth-order valence-electron chi connectivity index (χ4n) is 4.50. The van der Waals surface area contributed by atoms with E-state index < -0.39 is 11.9 Å². The Bertz CT molecular complexity index is 1150. The van der Waals surface area contributed by atoms with Gasteiger partial charge in [0.25, 0.3) is 0 Å². The molecular weight excluding hydrogens is 432 g/mol. The Labute approximate surface area is 199 Å². The number of hydrogen-bond acceptors (Lipinski definition) is 6. The van der Waals surface area contributed by atoms with Crippen molar-refractivity contribution in [1.82, 2.24) is 0 Å². The lowest BCUT2D eigenvalue weighted by molar-refractivity contribution is 0.0555. The SMILES string of the molecule is COC(=O)c1cc2c(cc1C(=O)OC)-c1cc(ccc1OC)CCCCc1ccc(OC)c-2c1. The van der Waals surface area contributed by atoms with Gasteiger partial charge in [-0.25, -0.2) is 9.59 Å². The van der Waals surface area contributed by atoms with Crippen LogP contribution in [0.4, 0.5) is 0 Å². The van der Waals surface area contributed by atoms with E-state index in [1.807, 2.05) is 12.1 Å². The van der Waals surface area contributed by atoms with Gasteiger partial charge in [0.15, 0.2) is 0 Å². The van der Waals surface area contributed by atoms with Crippen molar-refractivity contribution in [3.63, 3.8) is 0 Å². The summed E-state index contributed by atoms with van der Waals surface area (Å²) in [6.07, 6.45) is 3.96. The highest BCUT2D eigenvalue weighted by molar-refractivity contribution is 6.07. The van der Waals surface area contributed by atoms with Crippen LogP contribution in [0.25, 0.3) is 22.3 Å². The first-order valence-electron chi connectivity index (χ1n) is 11.2. The molecule has 4 bridgehead atoms. The molecule has 4 rings (SSSR count). The van der Waals surface area contributed by atoms with Crippen LogP contribution >= 0.6 is 0 Å². The zero-order chi connectivity index (χ0) is 24.2. The minimum atomic E-state index is -0.620. The second-order valence-corrected chi connectivity index (χ2v) is 8.20. The normalized spacial score (nSPS) is 12.5. The Balaban J connectivity index is 2.15. The molecule has 0 aliphatic heterocycles. The molecule has 0 saturated carbocycles. The van der Waals surface area contributed by atoms with E-state index in [1.165, 1.54) is 25.3 Å². The number of carbonyl (C=O) groups is 2. The van der Waals surface area contributed by atoms with E-state index in [0.29, 0.717) is 11.5 Å². The molecule has 6 heteroatoms. The summed E-state index contributed by atoms with van der Waals surface area (Å²) in [5.74, 6) is 0.0907. The second-order valence-electron chi connectivity index (χ2n) is 8.20. The van der Waals surface area contributed by atoms with Gasteiger partial charge in [-0.15, -0.1) is 0 Å². The van der Waals surface area contributed by atoms with Crippen molar-refractivity contribution in [3.8, 4) is 33.8 Å². The number of carbonyl (C=O) groups excluding carboxylic acids is 2. The number of aryl methyl sites for hydroxylation is 2. The van der Waals surface area contributed by atoms with E-state index in [1.54, 1.807) is 26.4 Å². The number of fused-ring (bicyclic) bond motifs is 7. The molecule has 3 aromatic rings. The summed E-state index contributed by atoms with van der Waals surface area (Å²) in [5.41, 5.74) is 5.73. The fraction of sp³-hybridized carbons (Fsp3) is 0.286. The lowest BCUT2D eigenvalue weighted by atomic mass is 9.86. The highest BCUT2D eigenvalue weighted by Gasteiger charge is 2.25. The molecule has 0 heterocycles. The molecule has 6 nitrogen and oxygen atoms in total. The first-order chi connectivity index (χ1) is 16.5. The van der Waals surface area contributed by atoms with Gasteiger partial charge in [-0.3, -0.25) is 0 Å². The number of ether oxygens (including phenoxy) is 4. The lowest BCUT2D eigenvalue weighted by Crippen LogP contribution is -2.13. The molecule has 34 heavy (non-hydrogen) atoms. The van der Waals surface area contributed by atoms with Crippen molar-refractivity contribution < 1.29 is 28.5 Å². The van der Waals surface area contributed by atoms with Gasteiger partial charge in [0.05, 0.1) is 39.6 Å². The lowest BCUT2D eigenvalue weighted by Gasteiger charge is -2.20. The van der Waals surface area contributed by atoms with Gasteiger partial charge in [0.2, 0.25) is 0 Å². The van der Waals surface area contributed by atoms with Crippen LogP contribution in [0, 0.1) is 0 Å². The molecule has 1 aliphatic rings. The highest BCUT2D eigenvalue weighted by Crippen LogP contribution is 2.43. The Morgan fingerprint density at radius 3 is 1.35 bits per heavy atom. The molecule has 0 amide bonds. The zero-order valence-electron chi connectivity index (χ0n) is 19.9. The Hall–Kier alpha value is -3.80. The molecule has 0 saturated heterocycles. The minimum absolute atomic E-state index is 0.128. The topological polar surface area (TPSA) is 71.1 Å². The molecule has 0 fully saturated rings. The molecule has 3 aromatic carbocycles. The van der Waals surface area contributed by atoms with Crippen LogP contribution in [-0.2, 0) is 22.3 Å². The molecule has 0 spiro atoms.